The van der Waals surface area contributed by atoms with Gasteiger partial charge in [0.1, 0.15) is 17.3 Å². The van der Waals surface area contributed by atoms with Crippen LogP contribution in [0.15, 0.2) is 26.4 Å². The molecule has 1 aromatic heterocycles. The molecule has 24 heavy (non-hydrogen) atoms. The number of carboxylic acids is 1. The minimum Gasteiger partial charge on any atom is -0.611 e. The topological polar surface area (TPSA) is 113 Å². The van der Waals surface area contributed by atoms with Gasteiger partial charge in [-0.25, -0.2) is 0 Å². The molecule has 3 heterocycles. The Bertz CT molecular complexity index is 704. The molecule has 1 aromatic rings. The van der Waals surface area contributed by atoms with Gasteiger partial charge < -0.3 is 24.3 Å². The third-order valence-electron chi connectivity index (χ3n) is 3.52. The van der Waals surface area contributed by atoms with Gasteiger partial charge in [-0.15, -0.1) is 0 Å². The summed E-state index contributed by atoms with van der Waals surface area (Å²) >= 11 is 1.000. The molecule has 3 rings (SSSR count). The summed E-state index contributed by atoms with van der Waals surface area (Å²) in [5.41, 5.74) is -0.346. The van der Waals surface area contributed by atoms with Crippen LogP contribution in [0.4, 0.5) is 0 Å². The Balaban J connectivity index is 0.00000208. The fourth-order valence-electron chi connectivity index (χ4n) is 2.48. The number of carboxylic acid groups (broad SMARTS) is 1. The molecule has 0 bridgehead atoms. The molecule has 0 aliphatic carbocycles. The van der Waals surface area contributed by atoms with Gasteiger partial charge in [-0.05, 0) is 29.5 Å². The number of β-lactam (4-membered cyclic amide) rings is 1. The van der Waals surface area contributed by atoms with Gasteiger partial charge in [0.05, 0.1) is 18.0 Å². The number of fused-ring (bicyclic) bond motifs is 1. The number of carbonyl (C=O) groups excluding carboxylic acids is 2. The molecule has 1 saturated heterocycles. The van der Waals surface area contributed by atoms with Gasteiger partial charge in [0, 0.05) is 0 Å². The number of hydrogen-bond donors (Lipinski definition) is 1. The molecule has 2 aliphatic heterocycles. The average Bonchev–Trinajstić information content (AvgIpc) is 3.01. The van der Waals surface area contributed by atoms with E-state index in [0.29, 0.717) is 9.96 Å². The molecular weight excluding hydrogens is 401 g/mol. The number of thioether (sulfide) groups is 1. The van der Waals surface area contributed by atoms with Crippen molar-refractivity contribution < 1.29 is 80.5 Å². The van der Waals surface area contributed by atoms with E-state index in [1.54, 1.807) is 11.4 Å². The van der Waals surface area contributed by atoms with Crippen LogP contribution in [0.5, 0.6) is 5.75 Å². The van der Waals surface area contributed by atoms with E-state index in [-0.39, 0.29) is 62.2 Å². The third-order valence-corrected chi connectivity index (χ3v) is 7.16. The van der Waals surface area contributed by atoms with E-state index in [1.807, 2.05) is 0 Å². The molecule has 1 fully saturated rings. The Hall–Kier alpha value is 0.436. The molecule has 0 aromatic carbocycles. The first kappa shape index (κ1) is 20.7. The molecule has 0 spiro atoms. The Kier molecular flexibility index (Phi) is 6.90. The van der Waals surface area contributed by atoms with Crippen LogP contribution in [0, 0.1) is 5.92 Å². The van der Waals surface area contributed by atoms with Gasteiger partial charge in [0.15, 0.2) is 10.8 Å². The van der Waals surface area contributed by atoms with Crippen LogP contribution in [0.3, 0.4) is 0 Å². The molecule has 1 amide bonds. The number of thiophene rings is 1. The first-order valence-electron chi connectivity index (χ1n) is 6.55. The number of aliphatic hydroxyl groups excluding tert-OH is 1. The first-order valence-corrected chi connectivity index (χ1v) is 9.87. The molecule has 4 atom stereocenters. The Morgan fingerprint density at radius 3 is 2.75 bits per heavy atom. The van der Waals surface area contributed by atoms with Crippen LogP contribution in [-0.2, 0) is 20.8 Å². The standard InChI is InChI=1S/C13H13NO6S3.K/c1-5(15)7-9(16)14-8(11(17)18)12(22-10(7)14)20-6-3-4-21-13(6)23(2)19;/h3-5,7,10,15H,1-2H3,(H,17,18);/q;+1/p-1/t5-,7+,10-,23?;/m1./s1. The first-order chi connectivity index (χ1) is 10.8. The van der Waals surface area contributed by atoms with Crippen molar-refractivity contribution in [1.82, 2.24) is 4.90 Å². The molecule has 124 valence electrons. The van der Waals surface area contributed by atoms with Crippen molar-refractivity contribution in [3.8, 4) is 5.75 Å². The molecular formula is C13H12KNO6S3. The Morgan fingerprint density at radius 2 is 2.21 bits per heavy atom. The second-order valence-electron chi connectivity index (χ2n) is 5.04. The monoisotopic (exact) mass is 413 g/mol. The van der Waals surface area contributed by atoms with Crippen molar-refractivity contribution in [2.75, 3.05) is 6.26 Å². The van der Waals surface area contributed by atoms with E-state index in [1.165, 1.54) is 24.5 Å². The van der Waals surface area contributed by atoms with Gasteiger partial charge in [-0.2, -0.15) is 0 Å². The minimum atomic E-state index is -1.53. The summed E-state index contributed by atoms with van der Waals surface area (Å²) in [6, 6.07) is 1.59. The number of amides is 1. The second-order valence-corrected chi connectivity index (χ2v) is 8.62. The van der Waals surface area contributed by atoms with Gasteiger partial charge in [-0.1, -0.05) is 23.1 Å². The summed E-state index contributed by atoms with van der Waals surface area (Å²) in [7, 11) is 0. The number of aliphatic hydroxyl groups is 1. The van der Waals surface area contributed by atoms with E-state index in [2.05, 4.69) is 0 Å². The predicted molar refractivity (Wildman–Crippen MR) is 82.7 cm³/mol. The fraction of sp³-hybridized carbons (Fsp3) is 0.385. The van der Waals surface area contributed by atoms with E-state index in [9.17, 15) is 24.4 Å². The van der Waals surface area contributed by atoms with Gasteiger partial charge in [0.25, 0.3) is 0 Å². The predicted octanol–water partition coefficient (Wildman–Crippen LogP) is -3.30. The third kappa shape index (κ3) is 3.48. The zero-order valence-corrected chi connectivity index (χ0v) is 18.6. The smallest absolute Gasteiger partial charge is 0.611 e. The van der Waals surface area contributed by atoms with Crippen molar-refractivity contribution in [2.24, 2.45) is 5.92 Å². The summed E-state index contributed by atoms with van der Waals surface area (Å²) in [6.07, 6.45) is 0.604. The molecule has 7 nitrogen and oxygen atoms in total. The Labute approximate surface area is 192 Å². The van der Waals surface area contributed by atoms with E-state index < -0.39 is 40.4 Å². The van der Waals surface area contributed by atoms with Crippen molar-refractivity contribution in [3.05, 3.63) is 22.2 Å². The maximum absolute atomic E-state index is 12.0. The summed E-state index contributed by atoms with van der Waals surface area (Å²) in [5.74, 6) is -2.39. The number of hydrogen-bond acceptors (Lipinski definition) is 8. The van der Waals surface area contributed by atoms with E-state index >= 15 is 0 Å². The summed E-state index contributed by atoms with van der Waals surface area (Å²) in [6.45, 7) is 1.48. The maximum Gasteiger partial charge on any atom is 1.00 e. The van der Waals surface area contributed by atoms with Crippen molar-refractivity contribution in [3.63, 3.8) is 0 Å². The fourth-order valence-corrected chi connectivity index (χ4v) is 5.58. The Morgan fingerprint density at radius 1 is 1.54 bits per heavy atom. The minimum absolute atomic E-state index is 0. The van der Waals surface area contributed by atoms with Crippen molar-refractivity contribution >= 4 is 46.2 Å². The van der Waals surface area contributed by atoms with Crippen molar-refractivity contribution in [1.29, 1.82) is 0 Å². The van der Waals surface area contributed by atoms with Crippen LogP contribution < -0.4 is 61.2 Å². The van der Waals surface area contributed by atoms with Crippen LogP contribution in [-0.4, -0.2) is 44.2 Å². The number of rotatable bonds is 5. The summed E-state index contributed by atoms with van der Waals surface area (Å²) in [4.78, 5) is 24.5. The SMILES string of the molecule is C[C@@H](O)[C@H]1C(=O)N2C(C(=O)[O-])=C(Oc3ccsc3[S+](C)[O-])S[C@H]12.[K+]. The molecule has 0 radical (unpaired) electrons. The number of nitrogens with zero attached hydrogens (tertiary/aromatic N) is 1. The largest absolute Gasteiger partial charge is 1.00 e. The summed E-state index contributed by atoms with van der Waals surface area (Å²) < 4.78 is 17.7. The molecule has 1 N–H and O–H groups in total. The molecule has 1 unspecified atom stereocenters. The average molecular weight is 414 g/mol. The molecule has 2 aliphatic rings. The van der Waals surface area contributed by atoms with Crippen LogP contribution in [0.2, 0.25) is 0 Å². The van der Waals surface area contributed by atoms with Gasteiger partial charge in [0.2, 0.25) is 10.1 Å². The van der Waals surface area contributed by atoms with Gasteiger partial charge >= 0.3 is 51.4 Å². The molecule has 0 saturated carbocycles. The second kappa shape index (κ2) is 7.99. The number of aliphatic carboxylic acids is 1. The number of carbonyl (C=O) groups is 2. The molecule has 11 heteroatoms. The number of ether oxygens (including phenoxy) is 1. The van der Waals surface area contributed by atoms with Gasteiger partial charge in [-0.3, -0.25) is 9.69 Å². The quantitative estimate of drug-likeness (QED) is 0.306. The van der Waals surface area contributed by atoms with Crippen LogP contribution >= 0.6 is 23.1 Å². The normalized spacial score (nSPS) is 24.8. The zero-order valence-electron chi connectivity index (χ0n) is 13.0. The summed E-state index contributed by atoms with van der Waals surface area (Å²) in [5, 5.41) is 22.2. The maximum atomic E-state index is 12.0. The zero-order chi connectivity index (χ0) is 16.9. The van der Waals surface area contributed by atoms with Crippen molar-refractivity contribution in [2.45, 2.75) is 22.6 Å². The van der Waals surface area contributed by atoms with Crippen LogP contribution in [0.25, 0.3) is 0 Å². The van der Waals surface area contributed by atoms with E-state index in [0.717, 1.165) is 16.7 Å². The van der Waals surface area contributed by atoms with E-state index in [4.69, 9.17) is 4.74 Å². The van der Waals surface area contributed by atoms with Crippen LogP contribution in [0.1, 0.15) is 6.92 Å².